The van der Waals surface area contributed by atoms with Crippen molar-refractivity contribution < 1.29 is 14.6 Å². The van der Waals surface area contributed by atoms with Crippen molar-refractivity contribution in [3.8, 4) is 0 Å². The first-order chi connectivity index (χ1) is 6.68. The maximum absolute atomic E-state index is 11.2. The molecule has 2 atom stereocenters. The van der Waals surface area contributed by atoms with E-state index < -0.39 is 6.10 Å². The second-order valence-electron chi connectivity index (χ2n) is 3.83. The lowest BCUT2D eigenvalue weighted by molar-refractivity contribution is -0.122. The summed E-state index contributed by atoms with van der Waals surface area (Å²) in [5.74, 6) is 0.00130. The molecule has 82 valence electrons. The second kappa shape index (κ2) is 5.98. The van der Waals surface area contributed by atoms with Gasteiger partial charge in [0.1, 0.15) is 0 Å². The van der Waals surface area contributed by atoms with Crippen molar-refractivity contribution >= 4 is 5.91 Å². The predicted octanol–water partition coefficient (Wildman–Crippen LogP) is 0.443. The Morgan fingerprint density at radius 2 is 2.50 bits per heavy atom. The number of carbonyl (C=O) groups excluding carboxylic acids is 1. The van der Waals surface area contributed by atoms with Crippen LogP contribution in [-0.2, 0) is 9.53 Å². The molecule has 0 saturated carbocycles. The van der Waals surface area contributed by atoms with Crippen LogP contribution in [0.1, 0.15) is 32.6 Å². The summed E-state index contributed by atoms with van der Waals surface area (Å²) in [6.45, 7) is 2.82. The fraction of sp³-hybridized carbons (Fsp3) is 0.900. The molecule has 1 rings (SSSR count). The number of aliphatic hydroxyl groups is 1. The molecule has 0 unspecified atom stereocenters. The molecule has 1 saturated heterocycles. The molecule has 0 radical (unpaired) electrons. The van der Waals surface area contributed by atoms with E-state index in [1.165, 1.54) is 0 Å². The van der Waals surface area contributed by atoms with E-state index in [9.17, 15) is 4.79 Å². The Bertz CT molecular complexity index is 176. The number of hydrogen-bond acceptors (Lipinski definition) is 3. The molecule has 0 bridgehead atoms. The Morgan fingerprint density at radius 1 is 1.71 bits per heavy atom. The SMILES string of the molecule is C[C@@H](O)CNC(=O)CC[C@H]1CCCO1. The van der Waals surface area contributed by atoms with E-state index in [0.29, 0.717) is 13.0 Å². The predicted molar refractivity (Wildman–Crippen MR) is 52.9 cm³/mol. The molecule has 1 heterocycles. The van der Waals surface area contributed by atoms with Gasteiger partial charge in [-0.05, 0) is 26.2 Å². The zero-order chi connectivity index (χ0) is 10.4. The summed E-state index contributed by atoms with van der Waals surface area (Å²) >= 11 is 0. The van der Waals surface area contributed by atoms with Crippen LogP contribution in [0.25, 0.3) is 0 Å². The Labute approximate surface area is 84.6 Å². The van der Waals surface area contributed by atoms with E-state index in [1.54, 1.807) is 6.92 Å². The Morgan fingerprint density at radius 3 is 3.07 bits per heavy atom. The van der Waals surface area contributed by atoms with Crippen LogP contribution in [0, 0.1) is 0 Å². The van der Waals surface area contributed by atoms with Crippen molar-refractivity contribution in [3.63, 3.8) is 0 Å². The molecule has 0 aromatic rings. The van der Waals surface area contributed by atoms with Gasteiger partial charge in [-0.25, -0.2) is 0 Å². The van der Waals surface area contributed by atoms with Crippen molar-refractivity contribution in [1.29, 1.82) is 0 Å². The average molecular weight is 201 g/mol. The van der Waals surface area contributed by atoms with Crippen molar-refractivity contribution in [1.82, 2.24) is 5.32 Å². The molecule has 2 N–H and O–H groups in total. The monoisotopic (exact) mass is 201 g/mol. The molecule has 4 nitrogen and oxygen atoms in total. The van der Waals surface area contributed by atoms with Gasteiger partial charge in [0.25, 0.3) is 0 Å². The van der Waals surface area contributed by atoms with E-state index in [1.807, 2.05) is 0 Å². The van der Waals surface area contributed by atoms with E-state index in [-0.39, 0.29) is 12.0 Å². The van der Waals surface area contributed by atoms with Crippen LogP contribution in [0.15, 0.2) is 0 Å². The molecule has 4 heteroatoms. The highest BCUT2D eigenvalue weighted by Gasteiger charge is 2.16. The van der Waals surface area contributed by atoms with E-state index in [0.717, 1.165) is 25.9 Å². The molecular formula is C10H19NO3. The number of hydrogen-bond donors (Lipinski definition) is 2. The van der Waals surface area contributed by atoms with E-state index >= 15 is 0 Å². The molecule has 0 aromatic heterocycles. The van der Waals surface area contributed by atoms with E-state index in [4.69, 9.17) is 9.84 Å². The molecule has 1 amide bonds. The normalized spacial score (nSPS) is 23.4. The molecule has 14 heavy (non-hydrogen) atoms. The maximum atomic E-state index is 11.2. The summed E-state index contributed by atoms with van der Waals surface area (Å²) in [4.78, 5) is 11.2. The lowest BCUT2D eigenvalue weighted by Crippen LogP contribution is -2.30. The minimum Gasteiger partial charge on any atom is -0.392 e. The van der Waals surface area contributed by atoms with Gasteiger partial charge in [-0.15, -0.1) is 0 Å². The number of aliphatic hydroxyl groups excluding tert-OH is 1. The summed E-state index contributed by atoms with van der Waals surface area (Å²) in [5.41, 5.74) is 0. The highest BCUT2D eigenvalue weighted by Crippen LogP contribution is 2.16. The fourth-order valence-corrected chi connectivity index (χ4v) is 1.51. The van der Waals surface area contributed by atoms with E-state index in [2.05, 4.69) is 5.32 Å². The van der Waals surface area contributed by atoms with Crippen molar-refractivity contribution in [2.45, 2.75) is 44.8 Å². The summed E-state index contributed by atoms with van der Waals surface area (Å²) < 4.78 is 5.40. The topological polar surface area (TPSA) is 58.6 Å². The molecule has 0 spiro atoms. The third-order valence-corrected chi connectivity index (χ3v) is 2.31. The van der Waals surface area contributed by atoms with Crippen LogP contribution in [0.2, 0.25) is 0 Å². The minimum absolute atomic E-state index is 0.00130. The second-order valence-corrected chi connectivity index (χ2v) is 3.83. The number of rotatable bonds is 5. The summed E-state index contributed by atoms with van der Waals surface area (Å²) in [5, 5.41) is 11.6. The third kappa shape index (κ3) is 4.58. The minimum atomic E-state index is -0.471. The lowest BCUT2D eigenvalue weighted by atomic mass is 10.1. The van der Waals surface area contributed by atoms with Crippen LogP contribution in [0.3, 0.4) is 0 Å². The molecule has 1 aliphatic heterocycles. The lowest BCUT2D eigenvalue weighted by Gasteiger charge is -2.10. The van der Waals surface area contributed by atoms with Gasteiger partial charge >= 0.3 is 0 Å². The van der Waals surface area contributed by atoms with Gasteiger partial charge in [0, 0.05) is 19.6 Å². The fourth-order valence-electron chi connectivity index (χ4n) is 1.51. The van der Waals surface area contributed by atoms with Crippen LogP contribution >= 0.6 is 0 Å². The van der Waals surface area contributed by atoms with Crippen molar-refractivity contribution in [3.05, 3.63) is 0 Å². The highest BCUT2D eigenvalue weighted by molar-refractivity contribution is 5.75. The third-order valence-electron chi connectivity index (χ3n) is 2.31. The number of ether oxygens (including phenoxy) is 1. The van der Waals surface area contributed by atoms with Gasteiger partial charge in [0.05, 0.1) is 12.2 Å². The Kier molecular flexibility index (Phi) is 4.90. The van der Waals surface area contributed by atoms with Gasteiger partial charge < -0.3 is 15.2 Å². The zero-order valence-corrected chi connectivity index (χ0v) is 8.66. The molecule has 1 aliphatic rings. The van der Waals surface area contributed by atoms with Crippen molar-refractivity contribution in [2.75, 3.05) is 13.2 Å². The Balaban J connectivity index is 2.02. The smallest absolute Gasteiger partial charge is 0.220 e. The summed E-state index contributed by atoms with van der Waals surface area (Å²) in [6, 6.07) is 0. The standard InChI is InChI=1S/C10H19NO3/c1-8(12)7-11-10(13)5-4-9-3-2-6-14-9/h8-9,12H,2-7H2,1H3,(H,11,13)/t8-,9-/m1/s1. The first-order valence-corrected chi connectivity index (χ1v) is 5.25. The van der Waals surface area contributed by atoms with Crippen molar-refractivity contribution in [2.24, 2.45) is 0 Å². The number of carbonyl (C=O) groups is 1. The molecular weight excluding hydrogens is 182 g/mol. The maximum Gasteiger partial charge on any atom is 0.220 e. The summed E-state index contributed by atoms with van der Waals surface area (Å²) in [7, 11) is 0. The van der Waals surface area contributed by atoms with Crippen LogP contribution < -0.4 is 5.32 Å². The van der Waals surface area contributed by atoms with Gasteiger partial charge in [0.15, 0.2) is 0 Å². The number of amides is 1. The first-order valence-electron chi connectivity index (χ1n) is 5.25. The molecule has 1 fully saturated rings. The van der Waals surface area contributed by atoms with Crippen LogP contribution in [0.5, 0.6) is 0 Å². The van der Waals surface area contributed by atoms with Crippen LogP contribution in [0.4, 0.5) is 0 Å². The average Bonchev–Trinajstić information content (AvgIpc) is 2.63. The van der Waals surface area contributed by atoms with Gasteiger partial charge in [-0.1, -0.05) is 0 Å². The first kappa shape index (κ1) is 11.5. The Hall–Kier alpha value is -0.610. The zero-order valence-electron chi connectivity index (χ0n) is 8.66. The molecule has 0 aromatic carbocycles. The van der Waals surface area contributed by atoms with Gasteiger partial charge in [-0.3, -0.25) is 4.79 Å². The number of nitrogens with one attached hydrogen (secondary N) is 1. The van der Waals surface area contributed by atoms with Gasteiger partial charge in [0.2, 0.25) is 5.91 Å². The molecule has 0 aliphatic carbocycles. The van der Waals surface area contributed by atoms with Gasteiger partial charge in [-0.2, -0.15) is 0 Å². The quantitative estimate of drug-likeness (QED) is 0.678. The summed E-state index contributed by atoms with van der Waals surface area (Å²) in [6.07, 6.45) is 3.28. The highest BCUT2D eigenvalue weighted by atomic mass is 16.5. The van der Waals surface area contributed by atoms with Crippen LogP contribution in [-0.4, -0.2) is 36.4 Å². The largest absolute Gasteiger partial charge is 0.392 e.